The highest BCUT2D eigenvalue weighted by Gasteiger charge is 2.43. The van der Waals surface area contributed by atoms with E-state index in [9.17, 15) is 4.79 Å². The lowest BCUT2D eigenvalue weighted by Gasteiger charge is -2.27. The average Bonchev–Trinajstić information content (AvgIpc) is 3.27. The molecule has 24 heavy (non-hydrogen) atoms. The molecule has 0 aromatic carbocycles. The second-order valence-corrected chi connectivity index (χ2v) is 6.83. The van der Waals surface area contributed by atoms with Gasteiger partial charge >= 0.3 is 0 Å². The number of nitrogens with zero attached hydrogens (tertiary/aromatic N) is 5. The molecule has 0 bridgehead atoms. The molecule has 0 radical (unpaired) electrons. The van der Waals surface area contributed by atoms with Crippen molar-refractivity contribution in [2.24, 2.45) is 11.8 Å². The number of nitrogens with one attached hydrogen (secondary N) is 1. The first-order chi connectivity index (χ1) is 11.7. The molecule has 2 fully saturated rings. The highest BCUT2D eigenvalue weighted by atomic mass is 16.2. The van der Waals surface area contributed by atoms with Gasteiger partial charge in [0.2, 0.25) is 5.91 Å². The number of anilines is 1. The molecule has 4 rings (SSSR count). The van der Waals surface area contributed by atoms with Crippen molar-refractivity contribution in [2.75, 3.05) is 25.0 Å². The fourth-order valence-electron chi connectivity index (χ4n) is 4.28. The van der Waals surface area contributed by atoms with Crippen molar-refractivity contribution in [3.63, 3.8) is 0 Å². The SMILES string of the molecule is CN(c1ncnc2[nH]ccc12)[C@H]1C[C@@H]2CN(C(=O)CC#N)C[C@@H]2C1. The Morgan fingerprint density at radius 3 is 2.88 bits per heavy atom. The van der Waals surface area contributed by atoms with Gasteiger partial charge in [0.05, 0.1) is 11.5 Å². The number of carbonyl (C=O) groups excluding carboxylic acids is 1. The summed E-state index contributed by atoms with van der Waals surface area (Å²) in [5.41, 5.74) is 0.860. The summed E-state index contributed by atoms with van der Waals surface area (Å²) in [4.78, 5) is 27.9. The van der Waals surface area contributed by atoms with Crippen molar-refractivity contribution in [3.05, 3.63) is 18.6 Å². The highest BCUT2D eigenvalue weighted by Crippen LogP contribution is 2.41. The summed E-state index contributed by atoms with van der Waals surface area (Å²) in [6.45, 7) is 1.58. The van der Waals surface area contributed by atoms with Crippen LogP contribution in [0.1, 0.15) is 19.3 Å². The lowest BCUT2D eigenvalue weighted by atomic mass is 10.0. The zero-order valence-electron chi connectivity index (χ0n) is 13.6. The predicted octanol–water partition coefficient (Wildman–Crippen LogP) is 1.54. The van der Waals surface area contributed by atoms with E-state index in [4.69, 9.17) is 5.26 Å². The maximum absolute atomic E-state index is 11.9. The van der Waals surface area contributed by atoms with Crippen molar-refractivity contribution in [1.29, 1.82) is 5.26 Å². The molecule has 2 aliphatic rings. The number of carbonyl (C=O) groups is 1. The van der Waals surface area contributed by atoms with E-state index in [1.54, 1.807) is 6.33 Å². The molecule has 3 atom stereocenters. The molecule has 7 heteroatoms. The Hall–Kier alpha value is -2.62. The Bertz CT molecular complexity index is 795. The maximum atomic E-state index is 11.9. The molecule has 1 N–H and O–H groups in total. The summed E-state index contributed by atoms with van der Waals surface area (Å²) in [5.74, 6) is 2.00. The highest BCUT2D eigenvalue weighted by molar-refractivity contribution is 5.87. The van der Waals surface area contributed by atoms with Crippen LogP contribution in [0, 0.1) is 23.2 Å². The zero-order chi connectivity index (χ0) is 16.7. The maximum Gasteiger partial charge on any atom is 0.236 e. The van der Waals surface area contributed by atoms with Crippen LogP contribution in [0.2, 0.25) is 0 Å². The minimum absolute atomic E-state index is 0.00478. The molecular formula is C17H20N6O. The van der Waals surface area contributed by atoms with Gasteiger partial charge in [0.25, 0.3) is 0 Å². The molecule has 1 saturated carbocycles. The molecule has 1 aliphatic heterocycles. The van der Waals surface area contributed by atoms with Gasteiger partial charge in [-0.3, -0.25) is 4.79 Å². The Balaban J connectivity index is 1.46. The quantitative estimate of drug-likeness (QED) is 0.925. The van der Waals surface area contributed by atoms with Crippen LogP contribution < -0.4 is 4.90 Å². The van der Waals surface area contributed by atoms with Crippen molar-refractivity contribution < 1.29 is 4.79 Å². The Kier molecular flexibility index (Phi) is 3.60. The first-order valence-electron chi connectivity index (χ1n) is 8.33. The van der Waals surface area contributed by atoms with E-state index in [1.807, 2.05) is 23.2 Å². The van der Waals surface area contributed by atoms with Crippen LogP contribution in [-0.2, 0) is 4.79 Å². The molecule has 0 unspecified atom stereocenters. The first-order valence-corrected chi connectivity index (χ1v) is 8.33. The fourth-order valence-corrected chi connectivity index (χ4v) is 4.28. The van der Waals surface area contributed by atoms with E-state index in [1.165, 1.54) is 0 Å². The standard InChI is InChI=1S/C17H20N6O/c1-22(17-14-3-5-19-16(14)20-10-21-17)13-6-11-8-23(9-12(11)7-13)15(24)2-4-18/h3,5,10-13H,2,6-9H2,1H3,(H,19,20,21)/t11-,12+,13+. The van der Waals surface area contributed by atoms with Crippen molar-refractivity contribution in [1.82, 2.24) is 19.9 Å². The van der Waals surface area contributed by atoms with Gasteiger partial charge < -0.3 is 14.8 Å². The van der Waals surface area contributed by atoms with Crippen molar-refractivity contribution in [2.45, 2.75) is 25.3 Å². The number of aromatic amines is 1. The number of H-pyrrole nitrogens is 1. The smallest absolute Gasteiger partial charge is 0.236 e. The van der Waals surface area contributed by atoms with Gasteiger partial charge in [-0.1, -0.05) is 0 Å². The monoisotopic (exact) mass is 324 g/mol. The fraction of sp³-hybridized carbons (Fsp3) is 0.529. The van der Waals surface area contributed by atoms with Crippen molar-refractivity contribution in [3.8, 4) is 6.07 Å². The summed E-state index contributed by atoms with van der Waals surface area (Å²) < 4.78 is 0. The van der Waals surface area contributed by atoms with E-state index in [2.05, 4.69) is 26.9 Å². The summed E-state index contributed by atoms with van der Waals surface area (Å²) in [6, 6.07) is 4.40. The van der Waals surface area contributed by atoms with Crippen LogP contribution in [0.25, 0.3) is 11.0 Å². The second kappa shape index (κ2) is 5.78. The first kappa shape index (κ1) is 14.9. The zero-order valence-corrected chi connectivity index (χ0v) is 13.6. The van der Waals surface area contributed by atoms with E-state index >= 15 is 0 Å². The van der Waals surface area contributed by atoms with Gasteiger partial charge in [0.1, 0.15) is 24.2 Å². The predicted molar refractivity (Wildman–Crippen MR) is 89.1 cm³/mol. The number of hydrogen-bond donors (Lipinski definition) is 1. The Morgan fingerprint density at radius 2 is 2.17 bits per heavy atom. The summed E-state index contributed by atoms with van der Waals surface area (Å²) in [7, 11) is 2.10. The largest absolute Gasteiger partial charge is 0.356 e. The van der Waals surface area contributed by atoms with Gasteiger partial charge in [-0.05, 0) is 30.7 Å². The van der Waals surface area contributed by atoms with Gasteiger partial charge in [0, 0.05) is 32.4 Å². The summed E-state index contributed by atoms with van der Waals surface area (Å²) in [6.07, 6.45) is 5.61. The Morgan fingerprint density at radius 1 is 1.42 bits per heavy atom. The van der Waals surface area contributed by atoms with Crippen molar-refractivity contribution >= 4 is 22.8 Å². The van der Waals surface area contributed by atoms with E-state index in [0.717, 1.165) is 42.8 Å². The third-order valence-corrected chi connectivity index (χ3v) is 5.52. The molecule has 7 nitrogen and oxygen atoms in total. The number of fused-ring (bicyclic) bond motifs is 2. The van der Waals surface area contributed by atoms with E-state index in [-0.39, 0.29) is 12.3 Å². The number of likely N-dealkylation sites (tertiary alicyclic amines) is 1. The third-order valence-electron chi connectivity index (χ3n) is 5.52. The van der Waals surface area contributed by atoms with Gasteiger partial charge in [-0.15, -0.1) is 0 Å². The molecule has 1 aliphatic carbocycles. The molecule has 2 aromatic rings. The number of rotatable bonds is 3. The number of nitriles is 1. The minimum Gasteiger partial charge on any atom is -0.356 e. The van der Waals surface area contributed by atoms with Gasteiger partial charge in [-0.2, -0.15) is 5.26 Å². The third kappa shape index (κ3) is 2.39. The lowest BCUT2D eigenvalue weighted by molar-refractivity contribution is -0.129. The van der Waals surface area contributed by atoms with Crippen LogP contribution >= 0.6 is 0 Å². The van der Waals surface area contributed by atoms with Crippen LogP contribution in [-0.4, -0.2) is 51.9 Å². The van der Waals surface area contributed by atoms with Crippen LogP contribution in [0.3, 0.4) is 0 Å². The second-order valence-electron chi connectivity index (χ2n) is 6.83. The average molecular weight is 324 g/mol. The summed E-state index contributed by atoms with van der Waals surface area (Å²) >= 11 is 0. The Labute approximate surface area is 140 Å². The topological polar surface area (TPSA) is 88.9 Å². The van der Waals surface area contributed by atoms with Crippen LogP contribution in [0.15, 0.2) is 18.6 Å². The molecule has 2 aromatic heterocycles. The normalized spacial score (nSPS) is 25.7. The molecule has 1 saturated heterocycles. The van der Waals surface area contributed by atoms with Gasteiger partial charge in [0.15, 0.2) is 0 Å². The molecule has 0 spiro atoms. The summed E-state index contributed by atoms with van der Waals surface area (Å²) in [5, 5.41) is 9.74. The molecule has 124 valence electrons. The number of amides is 1. The molecule has 3 heterocycles. The number of hydrogen-bond acceptors (Lipinski definition) is 5. The van der Waals surface area contributed by atoms with E-state index in [0.29, 0.717) is 17.9 Å². The lowest BCUT2D eigenvalue weighted by Crippen LogP contribution is -2.34. The van der Waals surface area contributed by atoms with Gasteiger partial charge in [-0.25, -0.2) is 9.97 Å². The van der Waals surface area contributed by atoms with E-state index < -0.39 is 0 Å². The van der Waals surface area contributed by atoms with Crippen LogP contribution in [0.4, 0.5) is 5.82 Å². The van der Waals surface area contributed by atoms with Crippen LogP contribution in [0.5, 0.6) is 0 Å². The molecular weight excluding hydrogens is 304 g/mol. The molecule has 1 amide bonds. The minimum atomic E-state index is -0.0263. The number of aromatic nitrogens is 3.